The Hall–Kier alpha value is -3.23. The Morgan fingerprint density at radius 2 is 1.72 bits per heavy atom. The molecule has 270 valence electrons. The number of rotatable bonds is 11. The Labute approximate surface area is 298 Å². The van der Waals surface area contributed by atoms with Crippen molar-refractivity contribution in [2.75, 3.05) is 97.6 Å². The van der Waals surface area contributed by atoms with Crippen LogP contribution >= 0.6 is 0 Å². The molecule has 1 aliphatic carbocycles. The summed E-state index contributed by atoms with van der Waals surface area (Å²) < 4.78 is 20.1. The lowest BCUT2D eigenvalue weighted by Gasteiger charge is -2.54. The minimum absolute atomic E-state index is 0.0234. The van der Waals surface area contributed by atoms with E-state index in [1.165, 1.54) is 19.2 Å². The number of carbonyl (C=O) groups is 1. The summed E-state index contributed by atoms with van der Waals surface area (Å²) in [6.45, 7) is 13.5. The van der Waals surface area contributed by atoms with Gasteiger partial charge in [-0.15, -0.1) is 0 Å². The van der Waals surface area contributed by atoms with E-state index in [1.54, 1.807) is 12.1 Å². The Balaban J connectivity index is 1.01. The topological polar surface area (TPSA) is 78.3 Å². The fraction of sp³-hybridized carbons (Fsp3) is 0.650. The second-order valence-corrected chi connectivity index (χ2v) is 15.8. The quantitative estimate of drug-likeness (QED) is 0.363. The monoisotopic (exact) mass is 685 g/mol. The molecule has 3 atom stereocenters. The molecule has 1 N–H and O–H groups in total. The van der Waals surface area contributed by atoms with Crippen LogP contribution in [0.3, 0.4) is 0 Å². The van der Waals surface area contributed by atoms with Crippen LogP contribution in [0.4, 0.5) is 14.9 Å². The summed E-state index contributed by atoms with van der Waals surface area (Å²) in [6, 6.07) is 16.2. The van der Waals surface area contributed by atoms with Crippen molar-refractivity contribution in [1.82, 2.24) is 24.9 Å². The van der Waals surface area contributed by atoms with Crippen molar-refractivity contribution in [1.29, 1.82) is 5.26 Å². The molecule has 50 heavy (non-hydrogen) atoms. The number of benzene rings is 2. The first kappa shape index (κ1) is 35.2. The van der Waals surface area contributed by atoms with Crippen LogP contribution < -0.4 is 10.2 Å². The normalized spacial score (nSPS) is 25.8. The number of piperidine rings is 1. The minimum atomic E-state index is -0.365. The Morgan fingerprint density at radius 3 is 2.40 bits per heavy atom. The van der Waals surface area contributed by atoms with Crippen LogP contribution in [0.1, 0.15) is 55.2 Å². The highest BCUT2D eigenvalue weighted by molar-refractivity contribution is 5.67. The standard InChI is InChI=1S/C40H56FN7O2/c1-44-18-20-46(21-19-44)28-32-22-36(11-10-31(32)24-42)48-26-30(27-48)25-45-16-12-33(13-17-45)40(29-47-14-5-15-47,34-6-3-7-35(41)23-34)37-8-4-9-38(37)43-39(49)50-2/h3,6-7,10-11,22-23,30,33,37-38H,4-5,8-9,12-21,25-29H2,1-2H3,(H,43,49)/t37-,38-,40-/m0/s1. The molecule has 5 aliphatic rings. The van der Waals surface area contributed by atoms with E-state index in [9.17, 15) is 14.4 Å². The molecule has 0 unspecified atom stereocenters. The van der Waals surface area contributed by atoms with Gasteiger partial charge in [0.05, 0.1) is 18.7 Å². The summed E-state index contributed by atoms with van der Waals surface area (Å²) in [5, 5.41) is 13.0. The number of methoxy groups -OCH3 is 1. The molecule has 4 aliphatic heterocycles. The average molecular weight is 686 g/mol. The fourth-order valence-corrected chi connectivity index (χ4v) is 9.89. The van der Waals surface area contributed by atoms with Gasteiger partial charge in [0.1, 0.15) is 5.82 Å². The number of nitrogens with zero attached hydrogens (tertiary/aromatic N) is 6. The molecule has 2 aromatic carbocycles. The molecule has 7 rings (SSSR count). The van der Waals surface area contributed by atoms with Gasteiger partial charge in [0.2, 0.25) is 0 Å². The van der Waals surface area contributed by atoms with Gasteiger partial charge >= 0.3 is 6.09 Å². The zero-order valence-electron chi connectivity index (χ0n) is 30.2. The number of alkyl carbamates (subject to hydrolysis) is 1. The number of hydrogen-bond donors (Lipinski definition) is 1. The van der Waals surface area contributed by atoms with E-state index in [-0.39, 0.29) is 29.3 Å². The van der Waals surface area contributed by atoms with Gasteiger partial charge in [-0.25, -0.2) is 9.18 Å². The molecule has 0 spiro atoms. The SMILES string of the molecule is COC(=O)N[C@H]1CCC[C@@H]1[C@](CN1CCC1)(c1cccc(F)c1)C1CCN(CC2CN(c3ccc(C#N)c(CN4CCN(C)CC4)c3)C2)CC1. The maximum Gasteiger partial charge on any atom is 0.407 e. The number of carbonyl (C=O) groups excluding carboxylic acids is 1. The van der Waals surface area contributed by atoms with Crippen molar-refractivity contribution in [3.8, 4) is 6.07 Å². The van der Waals surface area contributed by atoms with Gasteiger partial charge in [0.15, 0.2) is 0 Å². The lowest BCUT2D eigenvalue weighted by atomic mass is 9.57. The third kappa shape index (κ3) is 7.52. The van der Waals surface area contributed by atoms with Gasteiger partial charge in [0, 0.05) is 82.0 Å². The zero-order chi connectivity index (χ0) is 34.7. The van der Waals surface area contributed by atoms with E-state index in [4.69, 9.17) is 4.74 Å². The number of hydrogen-bond acceptors (Lipinski definition) is 8. The van der Waals surface area contributed by atoms with E-state index in [0.29, 0.717) is 11.8 Å². The lowest BCUT2D eigenvalue weighted by Crippen LogP contribution is -2.60. The molecule has 0 aromatic heterocycles. The summed E-state index contributed by atoms with van der Waals surface area (Å²) >= 11 is 0. The smallest absolute Gasteiger partial charge is 0.407 e. The number of likely N-dealkylation sites (tertiary alicyclic amines) is 2. The molecular weight excluding hydrogens is 629 g/mol. The third-order valence-electron chi connectivity index (χ3n) is 12.8. The number of likely N-dealkylation sites (N-methyl/N-ethyl adjacent to an activating group) is 1. The largest absolute Gasteiger partial charge is 0.453 e. The Kier molecular flexibility index (Phi) is 11.0. The first-order valence-electron chi connectivity index (χ1n) is 19.1. The van der Waals surface area contributed by atoms with Crippen LogP contribution in [0.5, 0.6) is 0 Å². The van der Waals surface area contributed by atoms with Gasteiger partial charge in [-0.3, -0.25) is 4.90 Å². The molecule has 4 saturated heterocycles. The van der Waals surface area contributed by atoms with E-state index < -0.39 is 0 Å². The van der Waals surface area contributed by atoms with Gasteiger partial charge in [-0.05, 0) is 119 Å². The Morgan fingerprint density at radius 1 is 0.940 bits per heavy atom. The average Bonchev–Trinajstić information content (AvgIpc) is 3.55. The van der Waals surface area contributed by atoms with Gasteiger partial charge < -0.3 is 29.7 Å². The molecule has 5 fully saturated rings. The number of ether oxygens (including phenoxy) is 1. The van der Waals surface area contributed by atoms with Crippen molar-refractivity contribution < 1.29 is 13.9 Å². The molecule has 4 heterocycles. The zero-order valence-corrected chi connectivity index (χ0v) is 30.2. The number of amides is 1. The number of nitrogens with one attached hydrogen (secondary N) is 1. The van der Waals surface area contributed by atoms with Crippen molar-refractivity contribution in [2.24, 2.45) is 17.8 Å². The molecule has 1 saturated carbocycles. The number of piperazine rings is 1. The maximum atomic E-state index is 15.0. The maximum absolute atomic E-state index is 15.0. The van der Waals surface area contributed by atoms with E-state index in [1.807, 2.05) is 12.1 Å². The molecule has 9 nitrogen and oxygen atoms in total. The van der Waals surface area contributed by atoms with E-state index >= 15 is 0 Å². The highest BCUT2D eigenvalue weighted by Crippen LogP contribution is 2.51. The predicted molar refractivity (Wildman–Crippen MR) is 195 cm³/mol. The Bertz CT molecular complexity index is 1510. The van der Waals surface area contributed by atoms with Gasteiger partial charge in [-0.1, -0.05) is 18.6 Å². The van der Waals surface area contributed by atoms with Crippen LogP contribution in [0.25, 0.3) is 0 Å². The number of nitriles is 1. The highest BCUT2D eigenvalue weighted by atomic mass is 19.1. The molecular formula is C40H56FN7O2. The molecule has 1 amide bonds. The predicted octanol–water partition coefficient (Wildman–Crippen LogP) is 4.76. The van der Waals surface area contributed by atoms with Crippen molar-refractivity contribution in [3.05, 3.63) is 65.0 Å². The summed E-state index contributed by atoms with van der Waals surface area (Å²) in [5.41, 5.74) is 4.05. The van der Waals surface area contributed by atoms with Crippen molar-refractivity contribution in [2.45, 2.75) is 56.5 Å². The first-order chi connectivity index (χ1) is 24.3. The van der Waals surface area contributed by atoms with Crippen LogP contribution in [-0.2, 0) is 16.7 Å². The summed E-state index contributed by atoms with van der Waals surface area (Å²) in [5.74, 6) is 1.09. The summed E-state index contributed by atoms with van der Waals surface area (Å²) in [7, 11) is 3.61. The molecule has 0 bridgehead atoms. The van der Waals surface area contributed by atoms with Crippen LogP contribution in [0.15, 0.2) is 42.5 Å². The number of halogens is 1. The van der Waals surface area contributed by atoms with Crippen molar-refractivity contribution >= 4 is 11.8 Å². The van der Waals surface area contributed by atoms with Gasteiger partial charge in [0.25, 0.3) is 0 Å². The van der Waals surface area contributed by atoms with Crippen molar-refractivity contribution in [3.63, 3.8) is 0 Å². The molecule has 10 heteroatoms. The summed E-state index contributed by atoms with van der Waals surface area (Å²) in [4.78, 5) is 25.0. The highest BCUT2D eigenvalue weighted by Gasteiger charge is 2.53. The fourth-order valence-electron chi connectivity index (χ4n) is 9.89. The second kappa shape index (κ2) is 15.6. The summed E-state index contributed by atoms with van der Waals surface area (Å²) in [6.07, 6.45) is 6.03. The van der Waals surface area contributed by atoms with E-state index in [2.05, 4.69) is 61.1 Å². The van der Waals surface area contributed by atoms with Gasteiger partial charge in [-0.2, -0.15) is 5.26 Å². The van der Waals surface area contributed by atoms with Crippen LogP contribution in [0, 0.1) is 34.9 Å². The van der Waals surface area contributed by atoms with Crippen LogP contribution in [0.2, 0.25) is 0 Å². The third-order valence-corrected chi connectivity index (χ3v) is 12.8. The first-order valence-corrected chi connectivity index (χ1v) is 19.1. The second-order valence-electron chi connectivity index (χ2n) is 15.8. The minimum Gasteiger partial charge on any atom is -0.453 e. The molecule has 2 aromatic rings. The lowest BCUT2D eigenvalue weighted by molar-refractivity contribution is 0.0223. The van der Waals surface area contributed by atoms with Crippen LogP contribution in [-0.4, -0.2) is 124 Å². The molecule has 0 radical (unpaired) electrons. The number of anilines is 1. The van der Waals surface area contributed by atoms with E-state index in [0.717, 1.165) is 134 Å².